The fourth-order valence-corrected chi connectivity index (χ4v) is 3.48. The monoisotopic (exact) mass is 438 g/mol. The quantitative estimate of drug-likeness (QED) is 0.522. The zero-order valence-electron chi connectivity index (χ0n) is 16.8. The van der Waals surface area contributed by atoms with Gasteiger partial charge in [0.25, 0.3) is 5.91 Å². The minimum absolute atomic E-state index is 0.0425. The number of nitrogens with two attached hydrogens (primary N) is 1. The Morgan fingerprint density at radius 2 is 1.90 bits per heavy atom. The highest BCUT2D eigenvalue weighted by Gasteiger charge is 2.37. The second-order valence-corrected chi connectivity index (χ2v) is 7.38. The fraction of sp³-hybridized carbons (Fsp3) is 0.333. The van der Waals surface area contributed by atoms with Gasteiger partial charge in [-0.2, -0.15) is 13.2 Å². The number of nitrogens with zero attached hydrogens (tertiary/aromatic N) is 1. The zero-order chi connectivity index (χ0) is 23.0. The molecule has 0 bridgehead atoms. The van der Waals surface area contributed by atoms with Gasteiger partial charge in [0.15, 0.2) is 5.69 Å². The molecular weight excluding hydrogens is 417 g/mol. The number of furan rings is 1. The zero-order valence-corrected chi connectivity index (χ0v) is 16.8. The molecule has 0 saturated carbocycles. The van der Waals surface area contributed by atoms with Crippen molar-refractivity contribution in [1.82, 2.24) is 4.98 Å². The standard InChI is InChI=1S/C21H21F3N2O5/c1-11-15(19(25)29)16-13(31-11)5-6-14(17(16)20(2,9-27)10-28)30-8-12-4-3-7-26-18(12)21(22,23)24/h3-7,27-28H,8-10H2,1-2H3,(H2,25,29). The number of halogens is 3. The molecule has 1 aromatic carbocycles. The van der Waals surface area contributed by atoms with E-state index in [0.717, 1.165) is 6.20 Å². The number of carbonyl (C=O) groups excluding carboxylic acids is 1. The maximum Gasteiger partial charge on any atom is 0.433 e. The van der Waals surface area contributed by atoms with Gasteiger partial charge >= 0.3 is 6.18 Å². The van der Waals surface area contributed by atoms with Crippen LogP contribution >= 0.6 is 0 Å². The smallest absolute Gasteiger partial charge is 0.433 e. The number of carbonyl (C=O) groups is 1. The van der Waals surface area contributed by atoms with Crippen molar-refractivity contribution in [3.8, 4) is 5.75 Å². The molecule has 0 fully saturated rings. The average Bonchev–Trinajstić information content (AvgIpc) is 3.06. The number of hydrogen-bond donors (Lipinski definition) is 3. The van der Waals surface area contributed by atoms with E-state index in [0.29, 0.717) is 0 Å². The van der Waals surface area contributed by atoms with E-state index in [1.165, 1.54) is 38.1 Å². The molecular formula is C21H21F3N2O5. The molecule has 0 saturated heterocycles. The van der Waals surface area contributed by atoms with Gasteiger partial charge < -0.3 is 25.1 Å². The molecule has 0 aliphatic heterocycles. The summed E-state index contributed by atoms with van der Waals surface area (Å²) in [7, 11) is 0. The van der Waals surface area contributed by atoms with Crippen LogP contribution in [0.3, 0.4) is 0 Å². The Kier molecular flexibility index (Phi) is 5.97. The van der Waals surface area contributed by atoms with Crippen LogP contribution < -0.4 is 10.5 Å². The van der Waals surface area contributed by atoms with Crippen LogP contribution in [0, 0.1) is 6.92 Å². The normalized spacial score (nSPS) is 12.4. The number of aliphatic hydroxyl groups excluding tert-OH is 2. The van der Waals surface area contributed by atoms with Gasteiger partial charge in [0.1, 0.15) is 23.7 Å². The predicted octanol–water partition coefficient (Wildman–Crippen LogP) is 3.08. The van der Waals surface area contributed by atoms with Crippen molar-refractivity contribution in [1.29, 1.82) is 0 Å². The number of primary amides is 1. The summed E-state index contributed by atoms with van der Waals surface area (Å²) in [6.07, 6.45) is -3.63. The van der Waals surface area contributed by atoms with E-state index >= 15 is 0 Å². The Labute approximate surface area is 175 Å². The van der Waals surface area contributed by atoms with Gasteiger partial charge in [-0.1, -0.05) is 13.0 Å². The molecule has 0 spiro atoms. The molecule has 0 aliphatic rings. The molecule has 10 heteroatoms. The summed E-state index contributed by atoms with van der Waals surface area (Å²) < 4.78 is 51.1. The molecule has 2 aromatic heterocycles. The lowest BCUT2D eigenvalue weighted by molar-refractivity contribution is -0.142. The van der Waals surface area contributed by atoms with Crippen LogP contribution in [0.1, 0.15) is 39.9 Å². The number of pyridine rings is 1. The largest absolute Gasteiger partial charge is 0.488 e. The van der Waals surface area contributed by atoms with E-state index < -0.39 is 43.0 Å². The molecule has 31 heavy (non-hydrogen) atoms. The Bertz CT molecular complexity index is 1120. The molecule has 166 valence electrons. The van der Waals surface area contributed by atoms with Crippen molar-refractivity contribution >= 4 is 16.9 Å². The van der Waals surface area contributed by atoms with Crippen LogP contribution in [0.4, 0.5) is 13.2 Å². The summed E-state index contributed by atoms with van der Waals surface area (Å²) in [6.45, 7) is 1.49. The molecule has 4 N–H and O–H groups in total. The molecule has 7 nitrogen and oxygen atoms in total. The number of aryl methyl sites for hydroxylation is 1. The lowest BCUT2D eigenvalue weighted by Gasteiger charge is -2.28. The van der Waals surface area contributed by atoms with Crippen LogP contribution in [0.25, 0.3) is 11.0 Å². The van der Waals surface area contributed by atoms with E-state index in [2.05, 4.69) is 4.98 Å². The molecule has 3 rings (SSSR count). The molecule has 0 unspecified atom stereocenters. The van der Waals surface area contributed by atoms with Gasteiger partial charge in [-0.3, -0.25) is 9.78 Å². The Balaban J connectivity index is 2.18. The molecule has 0 radical (unpaired) electrons. The van der Waals surface area contributed by atoms with E-state index in [1.807, 2.05) is 0 Å². The summed E-state index contributed by atoms with van der Waals surface area (Å²) >= 11 is 0. The maximum atomic E-state index is 13.3. The third-order valence-corrected chi connectivity index (χ3v) is 5.08. The predicted molar refractivity (Wildman–Crippen MR) is 105 cm³/mol. The van der Waals surface area contributed by atoms with Crippen molar-refractivity contribution in [3.63, 3.8) is 0 Å². The number of benzene rings is 1. The highest BCUT2D eigenvalue weighted by Crippen LogP contribution is 2.42. The highest BCUT2D eigenvalue weighted by atomic mass is 19.4. The third-order valence-electron chi connectivity index (χ3n) is 5.08. The number of rotatable bonds is 7. The lowest BCUT2D eigenvalue weighted by Crippen LogP contribution is -2.32. The molecule has 2 heterocycles. The van der Waals surface area contributed by atoms with E-state index in [-0.39, 0.29) is 39.2 Å². The van der Waals surface area contributed by atoms with E-state index in [9.17, 15) is 28.2 Å². The van der Waals surface area contributed by atoms with Gasteiger partial charge in [-0.05, 0) is 25.1 Å². The van der Waals surface area contributed by atoms with Crippen LogP contribution in [-0.2, 0) is 18.2 Å². The van der Waals surface area contributed by atoms with Crippen LogP contribution in [0.2, 0.25) is 0 Å². The molecule has 1 amide bonds. The van der Waals surface area contributed by atoms with Gasteiger partial charge in [-0.25, -0.2) is 0 Å². The molecule has 3 aromatic rings. The summed E-state index contributed by atoms with van der Waals surface area (Å²) in [5, 5.41) is 20.2. The van der Waals surface area contributed by atoms with Crippen LogP contribution in [0.15, 0.2) is 34.9 Å². The molecule has 0 atom stereocenters. The summed E-state index contributed by atoms with van der Waals surface area (Å²) in [6, 6.07) is 5.52. The Hall–Kier alpha value is -3.11. The SMILES string of the molecule is Cc1oc2ccc(OCc3cccnc3C(F)(F)F)c(C(C)(CO)CO)c2c1C(N)=O. The van der Waals surface area contributed by atoms with E-state index in [4.69, 9.17) is 14.9 Å². The second-order valence-electron chi connectivity index (χ2n) is 7.38. The van der Waals surface area contributed by atoms with E-state index in [1.54, 1.807) is 0 Å². The van der Waals surface area contributed by atoms with Crippen molar-refractivity contribution in [2.45, 2.75) is 32.0 Å². The first kappa shape index (κ1) is 22.6. The minimum atomic E-state index is -4.67. The van der Waals surface area contributed by atoms with Crippen molar-refractivity contribution in [2.75, 3.05) is 13.2 Å². The summed E-state index contributed by atoms with van der Waals surface area (Å²) in [5.74, 6) is -0.497. The third kappa shape index (κ3) is 4.08. The van der Waals surface area contributed by atoms with Crippen LogP contribution in [-0.4, -0.2) is 34.3 Å². The van der Waals surface area contributed by atoms with Gasteiger partial charge in [0, 0.05) is 28.1 Å². The van der Waals surface area contributed by atoms with Gasteiger partial charge in [-0.15, -0.1) is 0 Å². The first-order chi connectivity index (χ1) is 14.5. The number of ether oxygens (including phenoxy) is 1. The second kappa shape index (κ2) is 8.20. The topological polar surface area (TPSA) is 119 Å². The number of aliphatic hydroxyl groups is 2. The fourth-order valence-electron chi connectivity index (χ4n) is 3.48. The number of hydrogen-bond acceptors (Lipinski definition) is 6. The lowest BCUT2D eigenvalue weighted by atomic mass is 9.80. The Morgan fingerprint density at radius 3 is 2.48 bits per heavy atom. The van der Waals surface area contributed by atoms with Gasteiger partial charge in [0.05, 0.1) is 18.8 Å². The summed E-state index contributed by atoms with van der Waals surface area (Å²) in [5.41, 5.74) is 3.43. The average molecular weight is 438 g/mol. The first-order valence-electron chi connectivity index (χ1n) is 9.25. The van der Waals surface area contributed by atoms with Crippen molar-refractivity contribution in [3.05, 3.63) is 58.6 Å². The van der Waals surface area contributed by atoms with Gasteiger partial charge in [0.2, 0.25) is 0 Å². The minimum Gasteiger partial charge on any atom is -0.488 e. The molecule has 0 aliphatic carbocycles. The number of aromatic nitrogens is 1. The van der Waals surface area contributed by atoms with Crippen molar-refractivity contribution < 1.29 is 37.3 Å². The Morgan fingerprint density at radius 1 is 1.23 bits per heavy atom. The van der Waals surface area contributed by atoms with Crippen molar-refractivity contribution in [2.24, 2.45) is 5.73 Å². The maximum absolute atomic E-state index is 13.3. The summed E-state index contributed by atoms with van der Waals surface area (Å²) in [4.78, 5) is 15.5. The first-order valence-corrected chi connectivity index (χ1v) is 9.25. The number of alkyl halides is 3. The number of fused-ring (bicyclic) bond motifs is 1. The number of amides is 1. The van der Waals surface area contributed by atoms with Crippen LogP contribution in [0.5, 0.6) is 5.75 Å². The highest BCUT2D eigenvalue weighted by molar-refractivity contribution is 6.08.